The molecule has 0 fully saturated rings. The van der Waals surface area contributed by atoms with Gasteiger partial charge in [0.2, 0.25) is 5.75 Å². The fourth-order valence-electron chi connectivity index (χ4n) is 2.88. The van der Waals surface area contributed by atoms with Gasteiger partial charge in [0.15, 0.2) is 22.4 Å². The van der Waals surface area contributed by atoms with Crippen molar-refractivity contribution in [3.63, 3.8) is 0 Å². The van der Waals surface area contributed by atoms with E-state index in [2.05, 4.69) is 10.3 Å². The molecule has 0 spiro atoms. The van der Waals surface area contributed by atoms with Gasteiger partial charge in [-0.1, -0.05) is 35.6 Å². The molecular formula is C23H22N2O5S. The van der Waals surface area contributed by atoms with Gasteiger partial charge in [0.1, 0.15) is 0 Å². The van der Waals surface area contributed by atoms with Crippen molar-refractivity contribution in [2.45, 2.75) is 6.92 Å². The van der Waals surface area contributed by atoms with E-state index in [1.54, 1.807) is 49.4 Å². The standard InChI is InChI=1S/C23H22N2O5S/c1-14-21(31-23(24-14)25-22(27)16-8-6-5-7-9-16)17(26)11-10-15-12-18(28-2)20(30-4)19(13-15)29-3/h5-13H,1-4H3,(H,24,25,27)/b11-10+. The zero-order chi connectivity index (χ0) is 22.4. The van der Waals surface area contributed by atoms with Gasteiger partial charge >= 0.3 is 0 Å². The third-order valence-electron chi connectivity index (χ3n) is 4.39. The molecule has 1 heterocycles. The number of benzene rings is 2. The molecule has 3 rings (SSSR count). The highest BCUT2D eigenvalue weighted by atomic mass is 32.1. The Bertz CT molecular complexity index is 1100. The average Bonchev–Trinajstić information content (AvgIpc) is 3.16. The highest BCUT2D eigenvalue weighted by Gasteiger charge is 2.16. The predicted octanol–water partition coefficient (Wildman–Crippen LogP) is 4.63. The Morgan fingerprint density at radius 1 is 1.00 bits per heavy atom. The summed E-state index contributed by atoms with van der Waals surface area (Å²) in [6.07, 6.45) is 3.11. The number of hydrogen-bond donors (Lipinski definition) is 1. The molecule has 1 aromatic heterocycles. The highest BCUT2D eigenvalue weighted by Crippen LogP contribution is 2.38. The first-order valence-electron chi connectivity index (χ1n) is 9.33. The van der Waals surface area contributed by atoms with Crippen LogP contribution in [0.15, 0.2) is 48.5 Å². The number of carbonyl (C=O) groups is 2. The number of amides is 1. The number of aromatic nitrogens is 1. The Balaban J connectivity index is 1.78. The molecule has 2 aromatic carbocycles. The maximum Gasteiger partial charge on any atom is 0.257 e. The van der Waals surface area contributed by atoms with E-state index in [0.29, 0.717) is 44.1 Å². The molecule has 0 radical (unpaired) electrons. The molecule has 0 saturated heterocycles. The van der Waals surface area contributed by atoms with Crippen LogP contribution in [0.4, 0.5) is 5.13 Å². The molecular weight excluding hydrogens is 416 g/mol. The normalized spacial score (nSPS) is 10.7. The first-order valence-corrected chi connectivity index (χ1v) is 10.1. The lowest BCUT2D eigenvalue weighted by molar-refractivity contribution is 0.102. The Morgan fingerprint density at radius 2 is 1.65 bits per heavy atom. The summed E-state index contributed by atoms with van der Waals surface area (Å²) in [5.41, 5.74) is 1.78. The Morgan fingerprint density at radius 3 is 2.23 bits per heavy atom. The van der Waals surface area contributed by atoms with E-state index in [0.717, 1.165) is 11.3 Å². The van der Waals surface area contributed by atoms with Crippen molar-refractivity contribution >= 4 is 34.2 Å². The quantitative estimate of drug-likeness (QED) is 0.408. The average molecular weight is 439 g/mol. The molecule has 0 aliphatic rings. The van der Waals surface area contributed by atoms with E-state index in [4.69, 9.17) is 14.2 Å². The topological polar surface area (TPSA) is 86.8 Å². The van der Waals surface area contributed by atoms with E-state index in [1.807, 2.05) is 6.07 Å². The fraction of sp³-hybridized carbons (Fsp3) is 0.174. The number of rotatable bonds is 8. The molecule has 160 valence electrons. The minimum absolute atomic E-state index is 0.219. The summed E-state index contributed by atoms with van der Waals surface area (Å²) in [7, 11) is 4.59. The zero-order valence-electron chi connectivity index (χ0n) is 17.6. The van der Waals surface area contributed by atoms with Crippen molar-refractivity contribution in [3.05, 3.63) is 70.2 Å². The third kappa shape index (κ3) is 5.10. The number of anilines is 1. The molecule has 0 aliphatic carbocycles. The van der Waals surface area contributed by atoms with Crippen LogP contribution in [0.3, 0.4) is 0 Å². The van der Waals surface area contributed by atoms with Crippen LogP contribution in [0.2, 0.25) is 0 Å². The third-order valence-corrected chi connectivity index (χ3v) is 5.48. The molecule has 7 nitrogen and oxygen atoms in total. The molecule has 3 aromatic rings. The van der Waals surface area contributed by atoms with Crippen LogP contribution >= 0.6 is 11.3 Å². The molecule has 0 aliphatic heterocycles. The van der Waals surface area contributed by atoms with Gasteiger partial charge in [-0.15, -0.1) is 0 Å². The largest absolute Gasteiger partial charge is 0.493 e. The summed E-state index contributed by atoms with van der Waals surface area (Å²) in [6, 6.07) is 12.3. The van der Waals surface area contributed by atoms with Crippen molar-refractivity contribution in [2.24, 2.45) is 0 Å². The van der Waals surface area contributed by atoms with Gasteiger partial charge in [0.05, 0.1) is 31.9 Å². The van der Waals surface area contributed by atoms with Gasteiger partial charge in [-0.3, -0.25) is 14.9 Å². The number of ether oxygens (including phenoxy) is 3. The molecule has 1 N–H and O–H groups in total. The van der Waals surface area contributed by atoms with Gasteiger partial charge < -0.3 is 14.2 Å². The van der Waals surface area contributed by atoms with Crippen LogP contribution in [0.5, 0.6) is 17.2 Å². The summed E-state index contributed by atoms with van der Waals surface area (Å²) in [5.74, 6) is 0.971. The number of carbonyl (C=O) groups excluding carboxylic acids is 2. The zero-order valence-corrected chi connectivity index (χ0v) is 18.4. The van der Waals surface area contributed by atoms with Crippen LogP contribution in [-0.4, -0.2) is 38.0 Å². The number of methoxy groups -OCH3 is 3. The van der Waals surface area contributed by atoms with Gasteiger partial charge in [-0.2, -0.15) is 0 Å². The van der Waals surface area contributed by atoms with Crippen LogP contribution in [0.1, 0.15) is 31.3 Å². The smallest absolute Gasteiger partial charge is 0.257 e. The van der Waals surface area contributed by atoms with Crippen LogP contribution < -0.4 is 19.5 Å². The molecule has 0 bridgehead atoms. The predicted molar refractivity (Wildman–Crippen MR) is 121 cm³/mol. The highest BCUT2D eigenvalue weighted by molar-refractivity contribution is 7.18. The van der Waals surface area contributed by atoms with E-state index < -0.39 is 0 Å². The van der Waals surface area contributed by atoms with E-state index >= 15 is 0 Å². The van der Waals surface area contributed by atoms with Crippen molar-refractivity contribution in [1.29, 1.82) is 0 Å². The molecule has 8 heteroatoms. The van der Waals surface area contributed by atoms with Crippen molar-refractivity contribution in [2.75, 3.05) is 26.6 Å². The summed E-state index contributed by atoms with van der Waals surface area (Å²) in [5, 5.41) is 3.11. The molecule has 0 saturated carbocycles. The first-order chi connectivity index (χ1) is 15.0. The monoisotopic (exact) mass is 438 g/mol. The second-order valence-corrected chi connectivity index (χ2v) is 7.41. The number of aryl methyl sites for hydroxylation is 1. The SMILES string of the molecule is COc1cc(/C=C/C(=O)c2sc(NC(=O)c3ccccc3)nc2C)cc(OC)c1OC. The second-order valence-electron chi connectivity index (χ2n) is 6.41. The minimum Gasteiger partial charge on any atom is -0.493 e. The van der Waals surface area contributed by atoms with E-state index in [-0.39, 0.29) is 11.7 Å². The van der Waals surface area contributed by atoms with E-state index in [1.165, 1.54) is 27.4 Å². The lowest BCUT2D eigenvalue weighted by Gasteiger charge is -2.12. The number of nitrogens with one attached hydrogen (secondary N) is 1. The summed E-state index contributed by atoms with van der Waals surface area (Å²) < 4.78 is 16.0. The van der Waals surface area contributed by atoms with Crippen LogP contribution in [0.25, 0.3) is 6.08 Å². The minimum atomic E-state index is -0.277. The number of nitrogens with zero attached hydrogens (tertiary/aromatic N) is 1. The maximum absolute atomic E-state index is 12.7. The number of hydrogen-bond acceptors (Lipinski definition) is 7. The number of thiazole rings is 1. The van der Waals surface area contributed by atoms with Crippen LogP contribution in [-0.2, 0) is 0 Å². The van der Waals surface area contributed by atoms with Crippen molar-refractivity contribution in [1.82, 2.24) is 4.98 Å². The van der Waals surface area contributed by atoms with Crippen molar-refractivity contribution < 1.29 is 23.8 Å². The van der Waals surface area contributed by atoms with Gasteiger partial charge in [-0.25, -0.2) is 4.98 Å². The van der Waals surface area contributed by atoms with E-state index in [9.17, 15) is 9.59 Å². The number of allylic oxidation sites excluding steroid dienone is 1. The lowest BCUT2D eigenvalue weighted by Crippen LogP contribution is -2.11. The Hall–Kier alpha value is -3.65. The molecule has 0 unspecified atom stereocenters. The van der Waals surface area contributed by atoms with Crippen molar-refractivity contribution in [3.8, 4) is 17.2 Å². The second kappa shape index (κ2) is 9.90. The summed E-state index contributed by atoms with van der Waals surface area (Å²) in [4.78, 5) is 29.8. The number of ketones is 1. The lowest BCUT2D eigenvalue weighted by atomic mass is 10.1. The fourth-order valence-corrected chi connectivity index (χ4v) is 3.76. The summed E-state index contributed by atoms with van der Waals surface area (Å²) >= 11 is 1.13. The maximum atomic E-state index is 12.7. The first kappa shape index (κ1) is 22.0. The molecule has 0 atom stereocenters. The summed E-state index contributed by atoms with van der Waals surface area (Å²) in [6.45, 7) is 1.73. The molecule has 1 amide bonds. The Kier molecular flexibility index (Phi) is 7.04. The van der Waals surface area contributed by atoms with Gasteiger partial charge in [0.25, 0.3) is 5.91 Å². The van der Waals surface area contributed by atoms with Gasteiger partial charge in [-0.05, 0) is 42.8 Å². The Labute approximate surface area is 184 Å². The van der Waals surface area contributed by atoms with Gasteiger partial charge in [0, 0.05) is 5.56 Å². The molecule has 31 heavy (non-hydrogen) atoms. The van der Waals surface area contributed by atoms with Crippen LogP contribution in [0, 0.1) is 6.92 Å².